The molecule has 1 N–H and O–H groups in total. The van der Waals surface area contributed by atoms with E-state index in [0.29, 0.717) is 13.1 Å². The Bertz CT molecular complexity index is 918. The molecule has 1 heterocycles. The van der Waals surface area contributed by atoms with Crippen molar-refractivity contribution in [1.29, 1.82) is 0 Å². The minimum absolute atomic E-state index is 0.0210. The summed E-state index contributed by atoms with van der Waals surface area (Å²) in [4.78, 5) is 17.9. The highest BCUT2D eigenvalue weighted by atomic mass is 32.1. The van der Waals surface area contributed by atoms with Gasteiger partial charge in [0.05, 0.1) is 12.6 Å². The lowest BCUT2D eigenvalue weighted by molar-refractivity contribution is -0.129. The number of likely N-dealkylation sites (N-methyl/N-ethyl adjacent to an activating group) is 1. The number of hydrogen-bond acceptors (Lipinski definition) is 4. The summed E-state index contributed by atoms with van der Waals surface area (Å²) in [6.07, 6.45) is 1.02. The topological polar surface area (TPSA) is 35.6 Å². The van der Waals surface area contributed by atoms with E-state index in [9.17, 15) is 4.79 Å². The first-order valence-corrected chi connectivity index (χ1v) is 11.2. The van der Waals surface area contributed by atoms with Gasteiger partial charge in [-0.15, -0.1) is 11.3 Å². The van der Waals surface area contributed by atoms with Crippen molar-refractivity contribution in [3.63, 3.8) is 0 Å². The first-order valence-electron chi connectivity index (χ1n) is 10.3. The molecule has 0 aliphatic carbocycles. The van der Waals surface area contributed by atoms with Gasteiger partial charge in [-0.3, -0.25) is 10.1 Å². The second-order valence-corrected chi connectivity index (χ2v) is 8.71. The Morgan fingerprint density at radius 3 is 2.20 bits per heavy atom. The second kappa shape index (κ2) is 10.4. The minimum atomic E-state index is 0.0210. The van der Waals surface area contributed by atoms with Gasteiger partial charge >= 0.3 is 0 Å². The molecule has 1 atom stereocenters. The molecule has 158 valence electrons. The zero-order chi connectivity index (χ0) is 21.5. The summed E-state index contributed by atoms with van der Waals surface area (Å²) < 4.78 is 0. The van der Waals surface area contributed by atoms with Gasteiger partial charge in [-0.05, 0) is 46.7 Å². The summed E-state index contributed by atoms with van der Waals surface area (Å²) in [6, 6.07) is 21.2. The predicted octanol–water partition coefficient (Wildman–Crippen LogP) is 4.71. The Labute approximate surface area is 184 Å². The highest BCUT2D eigenvalue weighted by molar-refractivity contribution is 7.10. The van der Waals surface area contributed by atoms with Crippen LogP contribution in [-0.2, 0) is 17.8 Å². The molecule has 0 aliphatic rings. The van der Waals surface area contributed by atoms with Crippen molar-refractivity contribution in [3.05, 3.63) is 87.6 Å². The summed E-state index contributed by atoms with van der Waals surface area (Å²) in [6.45, 7) is 3.06. The SMILES string of the molecule is CCc1ccc([C@H](NCC(=O)N(C)Cc2ccc(N(C)C)cc2)c2cccs2)cc1. The number of thiophene rings is 1. The third-order valence-corrected chi connectivity index (χ3v) is 6.24. The van der Waals surface area contributed by atoms with Gasteiger partial charge in [-0.25, -0.2) is 0 Å². The number of carbonyl (C=O) groups excluding carboxylic acids is 1. The van der Waals surface area contributed by atoms with E-state index in [2.05, 4.69) is 83.2 Å². The Kier molecular flexibility index (Phi) is 7.66. The lowest BCUT2D eigenvalue weighted by Crippen LogP contribution is -2.37. The number of amides is 1. The van der Waals surface area contributed by atoms with Gasteiger partial charge in [0, 0.05) is 38.3 Å². The Morgan fingerprint density at radius 2 is 1.63 bits per heavy atom. The molecule has 3 rings (SSSR count). The fraction of sp³-hybridized carbons (Fsp3) is 0.320. The van der Waals surface area contributed by atoms with Crippen LogP contribution in [0.2, 0.25) is 0 Å². The van der Waals surface area contributed by atoms with Crippen molar-refractivity contribution in [1.82, 2.24) is 10.2 Å². The molecule has 30 heavy (non-hydrogen) atoms. The molecule has 5 heteroatoms. The predicted molar refractivity (Wildman–Crippen MR) is 127 cm³/mol. The zero-order valence-corrected chi connectivity index (χ0v) is 19.1. The fourth-order valence-corrected chi connectivity index (χ4v) is 4.20. The monoisotopic (exact) mass is 421 g/mol. The van der Waals surface area contributed by atoms with E-state index >= 15 is 0 Å². The number of benzene rings is 2. The molecule has 0 radical (unpaired) electrons. The molecule has 4 nitrogen and oxygen atoms in total. The number of nitrogens with zero attached hydrogens (tertiary/aromatic N) is 2. The standard InChI is InChI=1S/C25H31N3OS/c1-5-19-8-12-21(13-9-19)25(23-7-6-16-30-23)26-17-24(29)28(4)18-20-10-14-22(15-11-20)27(2)3/h6-16,25-26H,5,17-18H2,1-4H3/t25-/m0/s1. The molecular weight excluding hydrogens is 390 g/mol. The van der Waals surface area contributed by atoms with Crippen LogP contribution in [0.4, 0.5) is 5.69 Å². The van der Waals surface area contributed by atoms with Gasteiger partial charge in [0.2, 0.25) is 5.91 Å². The third-order valence-electron chi connectivity index (χ3n) is 5.30. The smallest absolute Gasteiger partial charge is 0.236 e. The van der Waals surface area contributed by atoms with Gasteiger partial charge in [0.15, 0.2) is 0 Å². The molecule has 0 fully saturated rings. The van der Waals surface area contributed by atoms with E-state index in [1.165, 1.54) is 16.0 Å². The van der Waals surface area contributed by atoms with Crippen LogP contribution in [0.15, 0.2) is 66.0 Å². The van der Waals surface area contributed by atoms with Crippen LogP contribution in [0.3, 0.4) is 0 Å². The van der Waals surface area contributed by atoms with Crippen LogP contribution in [0.1, 0.15) is 34.5 Å². The lowest BCUT2D eigenvalue weighted by Gasteiger charge is -2.22. The van der Waals surface area contributed by atoms with Crippen LogP contribution in [-0.4, -0.2) is 38.5 Å². The van der Waals surface area contributed by atoms with E-state index in [1.807, 2.05) is 21.1 Å². The number of rotatable bonds is 9. The maximum atomic E-state index is 12.8. The van der Waals surface area contributed by atoms with Gasteiger partial charge in [-0.1, -0.05) is 49.4 Å². The summed E-state index contributed by atoms with van der Waals surface area (Å²) in [5.41, 5.74) is 4.79. The van der Waals surface area contributed by atoms with Gasteiger partial charge in [-0.2, -0.15) is 0 Å². The van der Waals surface area contributed by atoms with E-state index in [0.717, 1.165) is 17.7 Å². The largest absolute Gasteiger partial charge is 0.378 e. The molecule has 0 aliphatic heterocycles. The fourth-order valence-electron chi connectivity index (χ4n) is 3.37. The van der Waals surface area contributed by atoms with Crippen molar-refractivity contribution >= 4 is 22.9 Å². The Balaban J connectivity index is 1.63. The van der Waals surface area contributed by atoms with Gasteiger partial charge in [0.1, 0.15) is 0 Å². The van der Waals surface area contributed by atoms with Crippen molar-refractivity contribution in [2.24, 2.45) is 0 Å². The molecule has 0 spiro atoms. The zero-order valence-electron chi connectivity index (χ0n) is 18.3. The van der Waals surface area contributed by atoms with Gasteiger partial charge < -0.3 is 9.80 Å². The maximum absolute atomic E-state index is 12.8. The molecule has 2 aromatic carbocycles. The Morgan fingerprint density at radius 1 is 0.967 bits per heavy atom. The normalized spacial score (nSPS) is 11.9. The molecule has 0 unspecified atom stereocenters. The second-order valence-electron chi connectivity index (χ2n) is 7.74. The van der Waals surface area contributed by atoms with Crippen molar-refractivity contribution in [2.75, 3.05) is 32.6 Å². The highest BCUT2D eigenvalue weighted by Crippen LogP contribution is 2.26. The molecule has 0 saturated carbocycles. The van der Waals surface area contributed by atoms with Crippen LogP contribution in [0, 0.1) is 0 Å². The molecule has 1 amide bonds. The number of aryl methyl sites for hydroxylation is 1. The molecule has 0 bridgehead atoms. The summed E-state index contributed by atoms with van der Waals surface area (Å²) in [5, 5.41) is 5.56. The van der Waals surface area contributed by atoms with E-state index in [1.54, 1.807) is 16.2 Å². The van der Waals surface area contributed by atoms with Crippen molar-refractivity contribution in [2.45, 2.75) is 25.9 Å². The quantitative estimate of drug-likeness (QED) is 0.543. The van der Waals surface area contributed by atoms with Crippen molar-refractivity contribution in [3.8, 4) is 0 Å². The minimum Gasteiger partial charge on any atom is -0.378 e. The summed E-state index contributed by atoms with van der Waals surface area (Å²) >= 11 is 1.71. The molecule has 3 aromatic rings. The number of nitrogens with one attached hydrogen (secondary N) is 1. The summed E-state index contributed by atoms with van der Waals surface area (Å²) in [5.74, 6) is 0.0819. The van der Waals surface area contributed by atoms with E-state index in [4.69, 9.17) is 0 Å². The van der Waals surface area contributed by atoms with Crippen LogP contribution < -0.4 is 10.2 Å². The molecular formula is C25H31N3OS. The van der Waals surface area contributed by atoms with E-state index < -0.39 is 0 Å². The lowest BCUT2D eigenvalue weighted by atomic mass is 10.0. The number of carbonyl (C=O) groups is 1. The average Bonchev–Trinajstić information content (AvgIpc) is 3.29. The third kappa shape index (κ3) is 5.71. The van der Waals surface area contributed by atoms with E-state index in [-0.39, 0.29) is 11.9 Å². The number of hydrogen-bond donors (Lipinski definition) is 1. The molecule has 1 aromatic heterocycles. The highest BCUT2D eigenvalue weighted by Gasteiger charge is 2.18. The summed E-state index contributed by atoms with van der Waals surface area (Å²) in [7, 11) is 5.91. The van der Waals surface area contributed by atoms with Crippen LogP contribution >= 0.6 is 11.3 Å². The van der Waals surface area contributed by atoms with Crippen molar-refractivity contribution < 1.29 is 4.79 Å². The molecule has 0 saturated heterocycles. The first-order chi connectivity index (χ1) is 14.5. The maximum Gasteiger partial charge on any atom is 0.236 e. The van der Waals surface area contributed by atoms with Gasteiger partial charge in [0.25, 0.3) is 0 Å². The van der Waals surface area contributed by atoms with Crippen LogP contribution in [0.25, 0.3) is 0 Å². The van der Waals surface area contributed by atoms with Crippen LogP contribution in [0.5, 0.6) is 0 Å². The Hall–Kier alpha value is -2.63. The first kappa shape index (κ1) is 22.1. The number of anilines is 1. The average molecular weight is 422 g/mol.